The Morgan fingerprint density at radius 2 is 1.53 bits per heavy atom. The summed E-state index contributed by atoms with van der Waals surface area (Å²) >= 11 is 0. The smallest absolute Gasteiger partial charge is 0.289 e. The number of ether oxygens (including phenoxy) is 1. The van der Waals surface area contributed by atoms with Gasteiger partial charge in [0.1, 0.15) is 18.0 Å². The first kappa shape index (κ1) is 26.0. The van der Waals surface area contributed by atoms with E-state index in [1.54, 1.807) is 42.5 Å². The third kappa shape index (κ3) is 6.39. The molecule has 0 aliphatic carbocycles. The minimum atomic E-state index is -4.48. The summed E-state index contributed by atoms with van der Waals surface area (Å²) in [5.41, 5.74) is 2.51. The van der Waals surface area contributed by atoms with Crippen molar-refractivity contribution < 1.29 is 22.9 Å². The van der Waals surface area contributed by atoms with Gasteiger partial charge in [-0.3, -0.25) is 19.2 Å². The topological polar surface area (TPSA) is 131 Å². The molecule has 0 aromatic heterocycles. The Balaban J connectivity index is 1.51. The molecule has 4 aromatic carbocycles. The molecule has 0 bridgehead atoms. The zero-order chi connectivity index (χ0) is 27.0. The van der Waals surface area contributed by atoms with Crippen LogP contribution in [0.25, 0.3) is 0 Å². The molecule has 0 heterocycles. The molecule has 0 fully saturated rings. The van der Waals surface area contributed by atoms with Crippen LogP contribution < -0.4 is 14.5 Å². The highest BCUT2D eigenvalue weighted by molar-refractivity contribution is 7.93. The van der Waals surface area contributed by atoms with Gasteiger partial charge in [-0.2, -0.15) is 5.10 Å². The molecule has 38 heavy (non-hydrogen) atoms. The number of anilines is 1. The Bertz CT molecular complexity index is 1560. The first-order chi connectivity index (χ1) is 18.3. The zero-order valence-electron chi connectivity index (χ0n) is 19.9. The maximum atomic E-state index is 13.5. The Labute approximate surface area is 219 Å². The Morgan fingerprint density at radius 1 is 0.895 bits per heavy atom. The van der Waals surface area contributed by atoms with Gasteiger partial charge in [0, 0.05) is 6.07 Å². The second kappa shape index (κ2) is 11.8. The van der Waals surface area contributed by atoms with Crippen molar-refractivity contribution >= 4 is 33.5 Å². The molecule has 0 radical (unpaired) electrons. The summed E-state index contributed by atoms with van der Waals surface area (Å²) < 4.78 is 33.5. The van der Waals surface area contributed by atoms with Gasteiger partial charge in [-0.15, -0.1) is 0 Å². The first-order valence-corrected chi connectivity index (χ1v) is 12.7. The standard InChI is InChI=1S/C27H22N4O6S/c32-27(29-28-19-21-10-9-15-24(18-21)37-23-13-5-2-6-14-23)20-30(22-11-3-1-4-12-22)38(35,36)26-17-8-7-16-25(26)31(33)34/h1-19H,20H2,(H,29,32). The van der Waals surface area contributed by atoms with Crippen LogP contribution in [-0.2, 0) is 14.8 Å². The third-order valence-corrected chi connectivity index (χ3v) is 7.02. The number of nitrogens with zero attached hydrogens (tertiary/aromatic N) is 3. The molecule has 11 heteroatoms. The first-order valence-electron chi connectivity index (χ1n) is 11.3. The monoisotopic (exact) mass is 530 g/mol. The average Bonchev–Trinajstić information content (AvgIpc) is 2.93. The number of para-hydroxylation sites is 3. The van der Waals surface area contributed by atoms with Crippen LogP contribution in [0.4, 0.5) is 11.4 Å². The van der Waals surface area contributed by atoms with Crippen molar-refractivity contribution in [3.63, 3.8) is 0 Å². The number of nitro benzene ring substituents is 1. The quantitative estimate of drug-likeness (QED) is 0.179. The van der Waals surface area contributed by atoms with Crippen molar-refractivity contribution in [2.75, 3.05) is 10.8 Å². The fraction of sp³-hybridized carbons (Fsp3) is 0.0370. The van der Waals surface area contributed by atoms with Gasteiger partial charge in [0.25, 0.3) is 21.6 Å². The van der Waals surface area contributed by atoms with Gasteiger partial charge >= 0.3 is 0 Å². The van der Waals surface area contributed by atoms with Crippen molar-refractivity contribution in [2.45, 2.75) is 4.90 Å². The van der Waals surface area contributed by atoms with Gasteiger partial charge in [-0.25, -0.2) is 13.8 Å². The summed E-state index contributed by atoms with van der Waals surface area (Å²) in [4.78, 5) is 22.9. The third-order valence-electron chi connectivity index (χ3n) is 5.20. The van der Waals surface area contributed by atoms with Gasteiger partial charge in [-0.1, -0.05) is 60.7 Å². The molecular formula is C27H22N4O6S. The predicted octanol–water partition coefficient (Wildman–Crippen LogP) is 4.73. The van der Waals surface area contributed by atoms with E-state index < -0.39 is 38.0 Å². The lowest BCUT2D eigenvalue weighted by atomic mass is 10.2. The van der Waals surface area contributed by atoms with E-state index >= 15 is 0 Å². The molecule has 0 unspecified atom stereocenters. The summed E-state index contributed by atoms with van der Waals surface area (Å²) in [7, 11) is -4.48. The minimum Gasteiger partial charge on any atom is -0.457 e. The normalized spacial score (nSPS) is 11.2. The lowest BCUT2D eigenvalue weighted by molar-refractivity contribution is -0.387. The van der Waals surface area contributed by atoms with Crippen molar-refractivity contribution in [2.24, 2.45) is 5.10 Å². The molecule has 1 amide bonds. The fourth-order valence-corrected chi connectivity index (χ4v) is 5.06. The number of nitro groups is 1. The van der Waals surface area contributed by atoms with Crippen LogP contribution in [0.3, 0.4) is 0 Å². The maximum Gasteiger partial charge on any atom is 0.289 e. The molecule has 4 aromatic rings. The van der Waals surface area contributed by atoms with Gasteiger partial charge in [0.05, 0.1) is 16.8 Å². The lowest BCUT2D eigenvalue weighted by Gasteiger charge is -2.23. The maximum absolute atomic E-state index is 13.5. The molecule has 1 N–H and O–H groups in total. The van der Waals surface area contributed by atoms with Gasteiger partial charge in [-0.05, 0) is 48.0 Å². The van der Waals surface area contributed by atoms with Crippen LogP contribution in [-0.4, -0.2) is 32.0 Å². The largest absolute Gasteiger partial charge is 0.457 e. The van der Waals surface area contributed by atoms with E-state index in [4.69, 9.17) is 4.74 Å². The Morgan fingerprint density at radius 3 is 2.24 bits per heavy atom. The van der Waals surface area contributed by atoms with E-state index in [0.29, 0.717) is 17.1 Å². The van der Waals surface area contributed by atoms with Crippen LogP contribution in [0, 0.1) is 10.1 Å². The number of carbonyl (C=O) groups is 1. The van der Waals surface area contributed by atoms with Crippen LogP contribution in [0.1, 0.15) is 5.56 Å². The number of nitrogens with one attached hydrogen (secondary N) is 1. The van der Waals surface area contributed by atoms with E-state index in [-0.39, 0.29) is 5.69 Å². The summed E-state index contributed by atoms with van der Waals surface area (Å²) in [6.45, 7) is -0.660. The number of sulfonamides is 1. The van der Waals surface area contributed by atoms with Crippen LogP contribution in [0.15, 0.2) is 119 Å². The second-order valence-corrected chi connectivity index (χ2v) is 9.68. The molecule has 4 rings (SSSR count). The summed E-state index contributed by atoms with van der Waals surface area (Å²) in [5.74, 6) is 0.483. The molecule has 0 spiro atoms. The van der Waals surface area contributed by atoms with E-state index in [9.17, 15) is 23.3 Å². The van der Waals surface area contributed by atoms with Crippen LogP contribution in [0.2, 0.25) is 0 Å². The van der Waals surface area contributed by atoms with E-state index in [1.165, 1.54) is 30.5 Å². The van der Waals surface area contributed by atoms with E-state index in [2.05, 4.69) is 10.5 Å². The Hall–Kier alpha value is -5.03. The highest BCUT2D eigenvalue weighted by atomic mass is 32.2. The van der Waals surface area contributed by atoms with E-state index in [0.717, 1.165) is 16.4 Å². The van der Waals surface area contributed by atoms with Crippen molar-refractivity contribution in [3.05, 3.63) is 125 Å². The highest BCUT2D eigenvalue weighted by Gasteiger charge is 2.33. The van der Waals surface area contributed by atoms with Gasteiger partial charge < -0.3 is 4.74 Å². The molecule has 192 valence electrons. The van der Waals surface area contributed by atoms with Crippen molar-refractivity contribution in [1.82, 2.24) is 5.43 Å². The molecular weight excluding hydrogens is 508 g/mol. The molecule has 10 nitrogen and oxygen atoms in total. The number of amides is 1. The van der Waals surface area contributed by atoms with Crippen molar-refractivity contribution in [1.29, 1.82) is 0 Å². The average molecular weight is 531 g/mol. The lowest BCUT2D eigenvalue weighted by Crippen LogP contribution is -2.39. The summed E-state index contributed by atoms with van der Waals surface area (Å²) in [6, 6.07) is 29.0. The molecule has 0 aliphatic heterocycles. The van der Waals surface area contributed by atoms with Gasteiger partial charge in [0.15, 0.2) is 4.90 Å². The fourth-order valence-electron chi connectivity index (χ4n) is 3.48. The summed E-state index contributed by atoms with van der Waals surface area (Å²) in [5, 5.41) is 15.4. The Kier molecular flexibility index (Phi) is 8.09. The number of rotatable bonds is 10. The molecule has 0 saturated heterocycles. The van der Waals surface area contributed by atoms with Crippen LogP contribution in [0.5, 0.6) is 11.5 Å². The van der Waals surface area contributed by atoms with Crippen molar-refractivity contribution in [3.8, 4) is 11.5 Å². The number of benzene rings is 4. The summed E-state index contributed by atoms with van der Waals surface area (Å²) in [6.07, 6.45) is 1.39. The SMILES string of the molecule is O=C(CN(c1ccccc1)S(=O)(=O)c1ccccc1[N+](=O)[O-])NN=Cc1cccc(Oc2ccccc2)c1. The van der Waals surface area contributed by atoms with E-state index in [1.807, 2.05) is 30.3 Å². The molecule has 0 atom stereocenters. The highest BCUT2D eigenvalue weighted by Crippen LogP contribution is 2.29. The van der Waals surface area contributed by atoms with Gasteiger partial charge in [0.2, 0.25) is 0 Å². The van der Waals surface area contributed by atoms with Crippen LogP contribution >= 0.6 is 0 Å². The number of hydrogen-bond acceptors (Lipinski definition) is 7. The molecule has 0 aliphatic rings. The molecule has 0 saturated carbocycles. The second-order valence-electron chi connectivity index (χ2n) is 7.85. The zero-order valence-corrected chi connectivity index (χ0v) is 20.7. The predicted molar refractivity (Wildman–Crippen MR) is 143 cm³/mol. The number of carbonyl (C=O) groups excluding carboxylic acids is 1. The number of hydrazone groups is 1. The minimum absolute atomic E-state index is 0.163. The number of hydrogen-bond donors (Lipinski definition) is 1.